The van der Waals surface area contributed by atoms with E-state index >= 15 is 0 Å². The molecule has 8 heteroatoms. The molecule has 1 aliphatic heterocycles. The summed E-state index contributed by atoms with van der Waals surface area (Å²) < 4.78 is 8.46. The Hall–Kier alpha value is -3.75. The van der Waals surface area contributed by atoms with Crippen LogP contribution in [0.5, 0.6) is 0 Å². The maximum Gasteiger partial charge on any atom is 0.310 e. The van der Waals surface area contributed by atoms with Gasteiger partial charge in [0.05, 0.1) is 34.4 Å². The van der Waals surface area contributed by atoms with Gasteiger partial charge < -0.3 is 14.7 Å². The first-order valence-electron chi connectivity index (χ1n) is 16.4. The Morgan fingerprint density at radius 2 is 1.67 bits per heavy atom. The van der Waals surface area contributed by atoms with Crippen molar-refractivity contribution in [1.29, 1.82) is 0 Å². The molecular weight excluding hydrogens is 593 g/mol. The number of carbonyl (C=O) groups excluding carboxylic acids is 1. The van der Waals surface area contributed by atoms with E-state index in [0.29, 0.717) is 12.0 Å². The number of aryl methyl sites for hydroxylation is 3. The molecule has 0 atom stereocenters. The van der Waals surface area contributed by atoms with E-state index in [0.717, 1.165) is 67.5 Å². The number of thiazole rings is 1. The molecule has 3 heterocycles. The van der Waals surface area contributed by atoms with Gasteiger partial charge in [-0.2, -0.15) is 5.10 Å². The van der Waals surface area contributed by atoms with Gasteiger partial charge >= 0.3 is 5.97 Å². The molecule has 0 unspecified atom stereocenters. The zero-order chi connectivity index (χ0) is 32.8. The minimum atomic E-state index is -0.500. The van der Waals surface area contributed by atoms with E-state index in [1.165, 1.54) is 36.6 Å². The molecule has 7 rings (SSSR count). The van der Waals surface area contributed by atoms with Crippen molar-refractivity contribution >= 4 is 44.2 Å². The number of aliphatic hydroxyl groups is 1. The predicted molar refractivity (Wildman–Crippen MR) is 190 cm³/mol. The molecule has 242 valence electrons. The van der Waals surface area contributed by atoms with Crippen molar-refractivity contribution in [3.63, 3.8) is 0 Å². The smallest absolute Gasteiger partial charge is 0.310 e. The summed E-state index contributed by atoms with van der Waals surface area (Å²) in [5.74, 6) is 0.892. The van der Waals surface area contributed by atoms with Crippen molar-refractivity contribution in [2.75, 3.05) is 24.6 Å². The highest BCUT2D eigenvalue weighted by Crippen LogP contribution is 2.48. The number of fused-ring (bicyclic) bond motifs is 2. The largest absolute Gasteiger partial charge is 0.466 e. The van der Waals surface area contributed by atoms with Gasteiger partial charge in [-0.1, -0.05) is 42.7 Å². The standard InChI is InChI=1S/C34H36N4O2S.C4H10O/c1-5-40-29(39)18-25-22(3)16-27-31(30(25)23-10-8-21(2)9-11-23)41-33(35-27)24-12-13-28-26(17-24)32(36-37(28)4)38-19-34(20-38)14-6-7-15-34;1-4(2,3)5/h8-13,16-17H,5-7,14-15,18-20H2,1-4H3;5H,1-3H3. The summed E-state index contributed by atoms with van der Waals surface area (Å²) in [6, 6.07) is 17.3. The summed E-state index contributed by atoms with van der Waals surface area (Å²) >= 11 is 1.70. The van der Waals surface area contributed by atoms with E-state index in [9.17, 15) is 4.79 Å². The lowest BCUT2D eigenvalue weighted by Gasteiger charge is -2.48. The van der Waals surface area contributed by atoms with Gasteiger partial charge in [-0.05, 0) is 95.3 Å². The summed E-state index contributed by atoms with van der Waals surface area (Å²) in [5, 5.41) is 15.6. The number of hydrogen-bond acceptors (Lipinski definition) is 7. The lowest BCUT2D eigenvalue weighted by atomic mass is 9.78. The van der Waals surface area contributed by atoms with Crippen molar-refractivity contribution in [3.05, 3.63) is 65.2 Å². The van der Waals surface area contributed by atoms with Crippen LogP contribution in [0, 0.1) is 19.3 Å². The number of ether oxygens (including phenoxy) is 1. The number of anilines is 1. The lowest BCUT2D eigenvalue weighted by molar-refractivity contribution is -0.142. The fourth-order valence-electron chi connectivity index (χ4n) is 6.94. The summed E-state index contributed by atoms with van der Waals surface area (Å²) in [5.41, 5.74) is 8.68. The van der Waals surface area contributed by atoms with Gasteiger partial charge in [0.1, 0.15) is 5.01 Å². The molecule has 2 fully saturated rings. The first-order valence-corrected chi connectivity index (χ1v) is 17.3. The molecule has 5 aromatic rings. The van der Waals surface area contributed by atoms with Gasteiger partial charge in [0.25, 0.3) is 0 Å². The average Bonchev–Trinajstić information content (AvgIpc) is 3.70. The average molecular weight is 639 g/mol. The zero-order valence-electron chi connectivity index (χ0n) is 28.2. The second-order valence-corrected chi connectivity index (χ2v) is 15.2. The molecule has 7 nitrogen and oxygen atoms in total. The molecule has 1 saturated heterocycles. The van der Waals surface area contributed by atoms with Crippen LogP contribution < -0.4 is 4.90 Å². The SMILES string of the molecule is CC(C)(C)O.CCOC(=O)Cc1c(C)cc2nc(-c3ccc4c(c3)c(N3CC5(CCCC5)C3)nn4C)sc2c1-c1ccc(C)cc1. The van der Waals surface area contributed by atoms with Crippen LogP contribution in [-0.2, 0) is 23.0 Å². The Kier molecular flexibility index (Phi) is 8.72. The third kappa shape index (κ3) is 6.56. The monoisotopic (exact) mass is 638 g/mol. The predicted octanol–water partition coefficient (Wildman–Crippen LogP) is 8.40. The fourth-order valence-corrected chi connectivity index (χ4v) is 8.07. The van der Waals surface area contributed by atoms with Gasteiger partial charge in [-0.25, -0.2) is 4.98 Å². The van der Waals surface area contributed by atoms with E-state index in [-0.39, 0.29) is 12.4 Å². The summed E-state index contributed by atoms with van der Waals surface area (Å²) in [4.78, 5) is 20.3. The minimum Gasteiger partial charge on any atom is -0.466 e. The summed E-state index contributed by atoms with van der Waals surface area (Å²) in [7, 11) is 2.04. The molecule has 1 aliphatic carbocycles. The van der Waals surface area contributed by atoms with Crippen LogP contribution in [0.1, 0.15) is 70.1 Å². The maximum atomic E-state index is 12.6. The van der Waals surface area contributed by atoms with Crippen LogP contribution in [-0.4, -0.2) is 51.1 Å². The Morgan fingerprint density at radius 1 is 1.02 bits per heavy atom. The highest BCUT2D eigenvalue weighted by atomic mass is 32.1. The van der Waals surface area contributed by atoms with E-state index in [2.05, 4.69) is 67.3 Å². The lowest BCUT2D eigenvalue weighted by Crippen LogP contribution is -2.55. The molecule has 46 heavy (non-hydrogen) atoms. The molecule has 2 aliphatic rings. The normalized spacial score (nSPS) is 15.7. The molecule has 0 amide bonds. The Morgan fingerprint density at radius 3 is 2.33 bits per heavy atom. The van der Waals surface area contributed by atoms with Gasteiger partial charge in [0, 0.05) is 42.1 Å². The van der Waals surface area contributed by atoms with Gasteiger partial charge in [0.15, 0.2) is 5.82 Å². The second-order valence-electron chi connectivity index (χ2n) is 14.2. The third-order valence-electron chi connectivity index (χ3n) is 9.07. The van der Waals surface area contributed by atoms with Gasteiger partial charge in [-0.3, -0.25) is 9.48 Å². The summed E-state index contributed by atoms with van der Waals surface area (Å²) in [6.07, 6.45) is 5.68. The number of esters is 1. The van der Waals surface area contributed by atoms with Crippen LogP contribution in [0.25, 0.3) is 42.8 Å². The number of carbonyl (C=O) groups is 1. The molecule has 1 N–H and O–H groups in total. The molecule has 0 bridgehead atoms. The minimum absolute atomic E-state index is 0.201. The van der Waals surface area contributed by atoms with Crippen LogP contribution in [0.2, 0.25) is 0 Å². The highest BCUT2D eigenvalue weighted by Gasteiger charge is 2.45. The fraction of sp³-hybridized carbons (Fsp3) is 0.447. The van der Waals surface area contributed by atoms with Crippen molar-refractivity contribution in [1.82, 2.24) is 14.8 Å². The second kappa shape index (κ2) is 12.5. The first kappa shape index (κ1) is 32.2. The molecular formula is C38H46N4O3S. The third-order valence-corrected chi connectivity index (χ3v) is 10.2. The molecule has 0 radical (unpaired) electrons. The number of rotatable bonds is 6. The van der Waals surface area contributed by atoms with E-state index in [4.69, 9.17) is 19.9 Å². The Bertz CT molecular complexity index is 1880. The number of aromatic nitrogens is 3. The maximum absolute atomic E-state index is 12.6. The van der Waals surface area contributed by atoms with Gasteiger partial charge in [-0.15, -0.1) is 11.3 Å². The van der Waals surface area contributed by atoms with Crippen LogP contribution in [0.15, 0.2) is 48.5 Å². The van der Waals surface area contributed by atoms with Crippen molar-refractivity contribution in [3.8, 4) is 21.7 Å². The summed E-state index contributed by atoms with van der Waals surface area (Å²) in [6.45, 7) is 13.9. The quantitative estimate of drug-likeness (QED) is 0.188. The highest BCUT2D eigenvalue weighted by molar-refractivity contribution is 7.22. The Labute approximate surface area is 276 Å². The molecule has 2 aromatic heterocycles. The number of hydrogen-bond donors (Lipinski definition) is 1. The van der Waals surface area contributed by atoms with E-state index < -0.39 is 5.60 Å². The van der Waals surface area contributed by atoms with Crippen molar-refractivity contribution in [2.24, 2.45) is 12.5 Å². The number of benzene rings is 3. The molecule has 1 saturated carbocycles. The van der Waals surface area contributed by atoms with Crippen molar-refractivity contribution in [2.45, 2.75) is 79.2 Å². The molecule has 1 spiro atoms. The topological polar surface area (TPSA) is 80.5 Å². The number of nitrogens with zero attached hydrogens (tertiary/aromatic N) is 4. The van der Waals surface area contributed by atoms with Crippen molar-refractivity contribution < 1.29 is 14.6 Å². The van der Waals surface area contributed by atoms with E-state index in [1.807, 2.05) is 18.7 Å². The zero-order valence-corrected chi connectivity index (χ0v) is 29.1. The first-order chi connectivity index (χ1) is 21.8. The van der Waals surface area contributed by atoms with Crippen LogP contribution in [0.4, 0.5) is 5.82 Å². The van der Waals surface area contributed by atoms with Crippen LogP contribution >= 0.6 is 11.3 Å². The van der Waals surface area contributed by atoms with Gasteiger partial charge in [0.2, 0.25) is 0 Å². The van der Waals surface area contributed by atoms with Crippen LogP contribution in [0.3, 0.4) is 0 Å². The van der Waals surface area contributed by atoms with E-state index in [1.54, 1.807) is 32.1 Å². The Balaban J connectivity index is 0.000000692. The molecule has 3 aromatic carbocycles.